The standard InChI is InChI=1S/C17H25N5/c1-2-3-10-20-16-15(13-21-17(18)22-16)7-5-4-6-14-8-11-19-12-9-14/h8-9,11-13H,2-7,10H2,1H3,(H3,18,20,21,22). The molecule has 118 valence electrons. The van der Waals surface area contributed by atoms with Crippen molar-refractivity contribution < 1.29 is 0 Å². The molecule has 5 heteroatoms. The summed E-state index contributed by atoms with van der Waals surface area (Å²) in [6.45, 7) is 3.10. The van der Waals surface area contributed by atoms with E-state index in [1.165, 1.54) is 5.56 Å². The Morgan fingerprint density at radius 3 is 2.64 bits per heavy atom. The van der Waals surface area contributed by atoms with E-state index in [0.717, 1.165) is 56.5 Å². The minimum atomic E-state index is 0.333. The van der Waals surface area contributed by atoms with Gasteiger partial charge in [-0.2, -0.15) is 4.98 Å². The van der Waals surface area contributed by atoms with E-state index >= 15 is 0 Å². The average molecular weight is 299 g/mol. The van der Waals surface area contributed by atoms with Crippen molar-refractivity contribution in [3.05, 3.63) is 41.9 Å². The zero-order valence-electron chi connectivity index (χ0n) is 13.3. The summed E-state index contributed by atoms with van der Waals surface area (Å²) in [4.78, 5) is 12.5. The topological polar surface area (TPSA) is 76.7 Å². The third-order valence-corrected chi connectivity index (χ3v) is 3.62. The summed E-state index contributed by atoms with van der Waals surface area (Å²) in [6.07, 6.45) is 12.1. The van der Waals surface area contributed by atoms with Crippen molar-refractivity contribution >= 4 is 11.8 Å². The first-order chi connectivity index (χ1) is 10.8. The van der Waals surface area contributed by atoms with E-state index in [2.05, 4.69) is 39.3 Å². The van der Waals surface area contributed by atoms with Gasteiger partial charge in [-0.3, -0.25) is 4.98 Å². The highest BCUT2D eigenvalue weighted by Gasteiger charge is 2.05. The summed E-state index contributed by atoms with van der Waals surface area (Å²) >= 11 is 0. The van der Waals surface area contributed by atoms with Gasteiger partial charge < -0.3 is 11.1 Å². The van der Waals surface area contributed by atoms with Crippen LogP contribution < -0.4 is 11.1 Å². The molecule has 0 spiro atoms. The molecule has 0 saturated carbocycles. The second-order valence-corrected chi connectivity index (χ2v) is 5.44. The summed E-state index contributed by atoms with van der Waals surface area (Å²) in [5.41, 5.74) is 8.19. The van der Waals surface area contributed by atoms with E-state index in [1.807, 2.05) is 18.6 Å². The maximum Gasteiger partial charge on any atom is 0.221 e. The molecule has 0 aliphatic heterocycles. The van der Waals surface area contributed by atoms with Gasteiger partial charge in [-0.1, -0.05) is 13.3 Å². The van der Waals surface area contributed by atoms with Gasteiger partial charge in [0.1, 0.15) is 5.82 Å². The number of rotatable bonds is 9. The molecule has 2 heterocycles. The van der Waals surface area contributed by atoms with Crippen molar-refractivity contribution in [3.8, 4) is 0 Å². The summed E-state index contributed by atoms with van der Waals surface area (Å²) in [5.74, 6) is 1.23. The molecule has 2 aromatic rings. The Balaban J connectivity index is 1.83. The fourth-order valence-corrected chi connectivity index (χ4v) is 2.33. The van der Waals surface area contributed by atoms with Crippen LogP contribution in [-0.4, -0.2) is 21.5 Å². The van der Waals surface area contributed by atoms with Crippen LogP contribution in [0.15, 0.2) is 30.7 Å². The molecule has 0 radical (unpaired) electrons. The molecule has 3 N–H and O–H groups in total. The number of aryl methyl sites for hydroxylation is 2. The normalized spacial score (nSPS) is 10.6. The number of nitrogens with two attached hydrogens (primary N) is 1. The molecule has 0 atom stereocenters. The fourth-order valence-electron chi connectivity index (χ4n) is 2.33. The van der Waals surface area contributed by atoms with Gasteiger partial charge in [-0.05, 0) is 49.8 Å². The molecule has 0 aliphatic carbocycles. The summed E-state index contributed by atoms with van der Waals surface area (Å²) in [6, 6.07) is 4.15. The van der Waals surface area contributed by atoms with Crippen molar-refractivity contribution in [2.24, 2.45) is 0 Å². The van der Waals surface area contributed by atoms with E-state index in [1.54, 1.807) is 0 Å². The van der Waals surface area contributed by atoms with Gasteiger partial charge in [0.2, 0.25) is 5.95 Å². The molecule has 0 amide bonds. The Kier molecular flexibility index (Phi) is 6.61. The molecule has 0 bridgehead atoms. The van der Waals surface area contributed by atoms with Gasteiger partial charge in [0, 0.05) is 30.7 Å². The number of nitrogens with zero attached hydrogens (tertiary/aromatic N) is 3. The zero-order chi connectivity index (χ0) is 15.6. The predicted molar refractivity (Wildman–Crippen MR) is 90.7 cm³/mol. The summed E-state index contributed by atoms with van der Waals surface area (Å²) in [5, 5.41) is 3.37. The number of unbranched alkanes of at least 4 members (excludes halogenated alkanes) is 2. The molecule has 2 rings (SSSR count). The van der Waals surface area contributed by atoms with Gasteiger partial charge in [0.25, 0.3) is 0 Å². The lowest BCUT2D eigenvalue weighted by atomic mass is 10.1. The van der Waals surface area contributed by atoms with Crippen LogP contribution >= 0.6 is 0 Å². The molecule has 22 heavy (non-hydrogen) atoms. The Hall–Kier alpha value is -2.17. The Labute approximate surface area is 132 Å². The number of nitrogens with one attached hydrogen (secondary N) is 1. The second kappa shape index (κ2) is 8.97. The fraction of sp³-hybridized carbons (Fsp3) is 0.471. The number of hydrogen-bond donors (Lipinski definition) is 2. The van der Waals surface area contributed by atoms with E-state index in [-0.39, 0.29) is 0 Å². The van der Waals surface area contributed by atoms with Crippen LogP contribution in [0.3, 0.4) is 0 Å². The number of nitrogen functional groups attached to an aromatic ring is 1. The molecule has 0 fully saturated rings. The Morgan fingerprint density at radius 2 is 1.86 bits per heavy atom. The quantitative estimate of drug-likeness (QED) is 0.695. The Bertz CT molecular complexity index is 556. The van der Waals surface area contributed by atoms with Crippen molar-refractivity contribution in [1.82, 2.24) is 15.0 Å². The number of anilines is 2. The van der Waals surface area contributed by atoms with Crippen LogP contribution in [0.1, 0.15) is 43.7 Å². The third kappa shape index (κ3) is 5.31. The minimum Gasteiger partial charge on any atom is -0.370 e. The van der Waals surface area contributed by atoms with Gasteiger partial charge in [0.05, 0.1) is 0 Å². The van der Waals surface area contributed by atoms with Gasteiger partial charge in [0.15, 0.2) is 0 Å². The SMILES string of the molecule is CCCCNc1nc(N)ncc1CCCCc1ccncc1. The maximum atomic E-state index is 5.69. The van der Waals surface area contributed by atoms with Crippen molar-refractivity contribution in [2.45, 2.75) is 45.4 Å². The highest BCUT2D eigenvalue weighted by molar-refractivity contribution is 5.46. The molecule has 5 nitrogen and oxygen atoms in total. The van der Waals surface area contributed by atoms with E-state index < -0.39 is 0 Å². The number of pyridine rings is 1. The first kappa shape index (κ1) is 16.2. The van der Waals surface area contributed by atoms with Gasteiger partial charge in [-0.25, -0.2) is 4.98 Å². The molecular weight excluding hydrogens is 274 g/mol. The maximum absolute atomic E-state index is 5.69. The lowest BCUT2D eigenvalue weighted by Crippen LogP contribution is -2.09. The first-order valence-electron chi connectivity index (χ1n) is 8.03. The first-order valence-corrected chi connectivity index (χ1v) is 8.03. The van der Waals surface area contributed by atoms with Crippen LogP contribution in [0.2, 0.25) is 0 Å². The van der Waals surface area contributed by atoms with Crippen LogP contribution in [0.25, 0.3) is 0 Å². The molecule has 2 aromatic heterocycles. The lowest BCUT2D eigenvalue weighted by molar-refractivity contribution is 0.729. The van der Waals surface area contributed by atoms with E-state index in [0.29, 0.717) is 5.95 Å². The van der Waals surface area contributed by atoms with E-state index in [4.69, 9.17) is 5.73 Å². The molecule has 0 saturated heterocycles. The number of aromatic nitrogens is 3. The molecule has 0 unspecified atom stereocenters. The smallest absolute Gasteiger partial charge is 0.221 e. The average Bonchev–Trinajstić information content (AvgIpc) is 2.54. The molecule has 0 aliphatic rings. The van der Waals surface area contributed by atoms with Crippen LogP contribution in [0.5, 0.6) is 0 Å². The lowest BCUT2D eigenvalue weighted by Gasteiger charge is -2.11. The highest BCUT2D eigenvalue weighted by atomic mass is 15.1. The number of hydrogen-bond acceptors (Lipinski definition) is 5. The molecular formula is C17H25N5. The summed E-state index contributed by atoms with van der Waals surface area (Å²) < 4.78 is 0. The van der Waals surface area contributed by atoms with Crippen LogP contribution in [-0.2, 0) is 12.8 Å². The minimum absolute atomic E-state index is 0.333. The second-order valence-electron chi connectivity index (χ2n) is 5.44. The third-order valence-electron chi connectivity index (χ3n) is 3.62. The zero-order valence-corrected chi connectivity index (χ0v) is 13.3. The summed E-state index contributed by atoms with van der Waals surface area (Å²) in [7, 11) is 0. The van der Waals surface area contributed by atoms with Crippen LogP contribution in [0, 0.1) is 0 Å². The van der Waals surface area contributed by atoms with Crippen molar-refractivity contribution in [3.63, 3.8) is 0 Å². The van der Waals surface area contributed by atoms with E-state index in [9.17, 15) is 0 Å². The highest BCUT2D eigenvalue weighted by Crippen LogP contribution is 2.16. The van der Waals surface area contributed by atoms with Crippen LogP contribution in [0.4, 0.5) is 11.8 Å². The predicted octanol–water partition coefficient (Wildman–Crippen LogP) is 3.23. The molecule has 0 aromatic carbocycles. The van der Waals surface area contributed by atoms with Gasteiger partial charge >= 0.3 is 0 Å². The Morgan fingerprint density at radius 1 is 1.09 bits per heavy atom. The van der Waals surface area contributed by atoms with Gasteiger partial charge in [-0.15, -0.1) is 0 Å². The monoisotopic (exact) mass is 299 g/mol. The largest absolute Gasteiger partial charge is 0.370 e. The van der Waals surface area contributed by atoms with Crippen molar-refractivity contribution in [1.29, 1.82) is 0 Å². The van der Waals surface area contributed by atoms with Crippen molar-refractivity contribution in [2.75, 3.05) is 17.6 Å².